The first kappa shape index (κ1) is 19.7. The average molecular weight is 409 g/mol. The minimum absolute atomic E-state index is 0.118. The summed E-state index contributed by atoms with van der Waals surface area (Å²) in [5.41, 5.74) is 2.37. The van der Waals surface area contributed by atoms with Crippen LogP contribution in [0.15, 0.2) is 47.1 Å². The fourth-order valence-electron chi connectivity index (χ4n) is 3.55. The maximum atomic E-state index is 12.9. The molecule has 0 aliphatic carbocycles. The second-order valence-electron chi connectivity index (χ2n) is 7.07. The van der Waals surface area contributed by atoms with Crippen molar-refractivity contribution in [1.82, 2.24) is 19.8 Å². The molecule has 1 fully saturated rings. The fourth-order valence-corrected chi connectivity index (χ4v) is 3.55. The van der Waals surface area contributed by atoms with Crippen LogP contribution in [0, 0.1) is 6.92 Å². The van der Waals surface area contributed by atoms with Gasteiger partial charge in [0.1, 0.15) is 0 Å². The van der Waals surface area contributed by atoms with Crippen LogP contribution in [0.1, 0.15) is 47.7 Å². The Labute approximate surface area is 173 Å². The molecule has 2 amide bonds. The van der Waals surface area contributed by atoms with E-state index in [1.54, 1.807) is 40.9 Å². The van der Waals surface area contributed by atoms with Crippen LogP contribution in [0.3, 0.4) is 0 Å². The normalized spacial score (nSPS) is 15.9. The summed E-state index contributed by atoms with van der Waals surface area (Å²) in [5, 5.41) is 11.1. The van der Waals surface area contributed by atoms with E-state index in [9.17, 15) is 9.59 Å². The number of nitrogens with zero attached hydrogens (tertiary/aromatic N) is 4. The highest BCUT2D eigenvalue weighted by Gasteiger charge is 2.32. The quantitative estimate of drug-likeness (QED) is 0.645. The van der Waals surface area contributed by atoms with E-state index in [1.807, 2.05) is 25.1 Å². The Morgan fingerprint density at radius 2 is 2.17 bits per heavy atom. The van der Waals surface area contributed by atoms with Crippen LogP contribution in [0.2, 0.25) is 0 Å². The van der Waals surface area contributed by atoms with E-state index in [4.69, 9.17) is 9.26 Å². The molecule has 4 rings (SSSR count). The van der Waals surface area contributed by atoms with Crippen LogP contribution >= 0.6 is 0 Å². The third kappa shape index (κ3) is 4.05. The van der Waals surface area contributed by atoms with E-state index in [1.165, 1.54) is 0 Å². The minimum atomic E-state index is -0.469. The Hall–Kier alpha value is -3.62. The van der Waals surface area contributed by atoms with Crippen molar-refractivity contribution in [3.8, 4) is 5.69 Å². The van der Waals surface area contributed by atoms with Crippen molar-refractivity contribution in [1.29, 1.82) is 0 Å². The number of benzene rings is 1. The molecule has 0 radical (unpaired) electrons. The lowest BCUT2D eigenvalue weighted by Gasteiger charge is -2.23. The van der Waals surface area contributed by atoms with Crippen molar-refractivity contribution < 1.29 is 18.8 Å². The molecule has 1 atom stereocenters. The maximum Gasteiger partial charge on any atom is 0.358 e. The summed E-state index contributed by atoms with van der Waals surface area (Å²) in [6.07, 6.45) is 3.42. The average Bonchev–Trinajstić information content (AvgIpc) is 3.48. The minimum Gasteiger partial charge on any atom is -0.461 e. The van der Waals surface area contributed by atoms with Crippen molar-refractivity contribution in [3.63, 3.8) is 0 Å². The molecule has 0 saturated carbocycles. The second-order valence-corrected chi connectivity index (χ2v) is 7.07. The first-order chi connectivity index (χ1) is 14.5. The molecule has 3 aromatic rings. The molecule has 1 aromatic carbocycles. The number of carbonyl (C=O) groups is 2. The van der Waals surface area contributed by atoms with Crippen LogP contribution in [0.4, 0.5) is 10.5 Å². The van der Waals surface area contributed by atoms with Crippen LogP contribution in [0.25, 0.3) is 5.69 Å². The Morgan fingerprint density at radius 3 is 2.93 bits per heavy atom. The first-order valence-electron chi connectivity index (χ1n) is 9.89. The summed E-state index contributed by atoms with van der Waals surface area (Å²) in [5.74, 6) is 0.236. The van der Waals surface area contributed by atoms with Gasteiger partial charge in [-0.05, 0) is 51.0 Å². The van der Waals surface area contributed by atoms with Crippen LogP contribution in [-0.4, -0.2) is 45.0 Å². The predicted molar refractivity (Wildman–Crippen MR) is 108 cm³/mol. The zero-order chi connectivity index (χ0) is 21.1. The van der Waals surface area contributed by atoms with Gasteiger partial charge in [0.2, 0.25) is 0 Å². The number of urea groups is 1. The summed E-state index contributed by atoms with van der Waals surface area (Å²) in [4.78, 5) is 26.5. The third-order valence-electron chi connectivity index (χ3n) is 4.92. The number of anilines is 1. The number of hydrogen-bond donors (Lipinski definition) is 1. The van der Waals surface area contributed by atoms with Gasteiger partial charge >= 0.3 is 12.0 Å². The molecule has 0 spiro atoms. The number of aromatic nitrogens is 3. The molecule has 1 aliphatic rings. The molecule has 3 heterocycles. The largest absolute Gasteiger partial charge is 0.461 e. The summed E-state index contributed by atoms with van der Waals surface area (Å²) in [6, 6.07) is 10.4. The van der Waals surface area contributed by atoms with Crippen molar-refractivity contribution >= 4 is 17.7 Å². The fraction of sp³-hybridized carbons (Fsp3) is 0.333. The highest BCUT2D eigenvalue weighted by molar-refractivity contribution is 5.90. The number of carbonyl (C=O) groups excluding carboxylic acids is 2. The smallest absolute Gasteiger partial charge is 0.358 e. The maximum absolute atomic E-state index is 12.9. The van der Waals surface area contributed by atoms with Gasteiger partial charge in [0.25, 0.3) is 0 Å². The van der Waals surface area contributed by atoms with Crippen molar-refractivity contribution in [2.45, 2.75) is 32.7 Å². The molecule has 30 heavy (non-hydrogen) atoms. The van der Waals surface area contributed by atoms with Gasteiger partial charge in [-0.1, -0.05) is 11.2 Å². The highest BCUT2D eigenvalue weighted by atomic mass is 16.5. The number of esters is 1. The Bertz CT molecular complexity index is 1060. The Balaban J connectivity index is 1.48. The predicted octanol–water partition coefficient (Wildman–Crippen LogP) is 3.71. The van der Waals surface area contributed by atoms with Crippen molar-refractivity contribution in [3.05, 3.63) is 59.7 Å². The Kier molecular flexibility index (Phi) is 5.51. The number of rotatable bonds is 5. The lowest BCUT2D eigenvalue weighted by Crippen LogP contribution is -2.34. The molecule has 1 aliphatic heterocycles. The summed E-state index contributed by atoms with van der Waals surface area (Å²) in [7, 11) is 0. The SMILES string of the molecule is CCOC(=O)c1ccn(-c2cccc(NC(=O)N3CCC[C@H]3c3cc(C)no3)c2)n1. The number of ether oxygens (including phenoxy) is 1. The van der Waals surface area contributed by atoms with Gasteiger partial charge in [-0.3, -0.25) is 0 Å². The molecule has 9 heteroatoms. The van der Waals surface area contributed by atoms with Crippen LogP contribution < -0.4 is 5.32 Å². The zero-order valence-electron chi connectivity index (χ0n) is 16.9. The lowest BCUT2D eigenvalue weighted by atomic mass is 10.1. The molecule has 0 bridgehead atoms. The molecule has 2 aromatic heterocycles. The number of hydrogen-bond acceptors (Lipinski definition) is 6. The molecule has 1 N–H and O–H groups in total. The lowest BCUT2D eigenvalue weighted by molar-refractivity contribution is 0.0519. The third-order valence-corrected chi connectivity index (χ3v) is 4.92. The van der Waals surface area contributed by atoms with E-state index >= 15 is 0 Å². The highest BCUT2D eigenvalue weighted by Crippen LogP contribution is 2.32. The van der Waals surface area contributed by atoms with Crippen LogP contribution in [0.5, 0.6) is 0 Å². The monoisotopic (exact) mass is 409 g/mol. The number of aryl methyl sites for hydroxylation is 1. The standard InChI is InChI=1S/C21H23N5O4/c1-3-29-20(27)17-9-11-26(23-17)16-7-4-6-15(13-16)22-21(28)25-10-5-8-18(25)19-12-14(2)24-30-19/h4,6-7,9,11-13,18H,3,5,8,10H2,1-2H3,(H,22,28)/t18-/m0/s1. The summed E-state index contributed by atoms with van der Waals surface area (Å²) < 4.78 is 11.9. The van der Waals surface area contributed by atoms with Gasteiger partial charge in [0, 0.05) is 24.5 Å². The number of likely N-dealkylation sites (tertiary alicyclic amines) is 1. The van der Waals surface area contributed by atoms with Crippen LogP contribution in [-0.2, 0) is 4.74 Å². The van der Waals surface area contributed by atoms with Gasteiger partial charge in [-0.25, -0.2) is 14.3 Å². The number of amides is 2. The molecule has 1 saturated heterocycles. The summed E-state index contributed by atoms with van der Waals surface area (Å²) in [6.45, 7) is 4.55. The topological polar surface area (TPSA) is 102 Å². The van der Waals surface area contributed by atoms with Gasteiger partial charge in [-0.2, -0.15) is 5.10 Å². The van der Waals surface area contributed by atoms with E-state index in [2.05, 4.69) is 15.6 Å². The first-order valence-corrected chi connectivity index (χ1v) is 9.89. The molecule has 9 nitrogen and oxygen atoms in total. The molecular weight excluding hydrogens is 386 g/mol. The Morgan fingerprint density at radius 1 is 1.30 bits per heavy atom. The van der Waals surface area contributed by atoms with Gasteiger partial charge < -0.3 is 19.5 Å². The van der Waals surface area contributed by atoms with E-state index < -0.39 is 5.97 Å². The molecule has 0 unspecified atom stereocenters. The van der Waals surface area contributed by atoms with E-state index in [-0.39, 0.29) is 17.8 Å². The zero-order valence-corrected chi connectivity index (χ0v) is 16.9. The van der Waals surface area contributed by atoms with Gasteiger partial charge in [-0.15, -0.1) is 0 Å². The van der Waals surface area contributed by atoms with Crippen molar-refractivity contribution in [2.24, 2.45) is 0 Å². The van der Waals surface area contributed by atoms with E-state index in [0.717, 1.165) is 18.5 Å². The van der Waals surface area contributed by atoms with E-state index in [0.29, 0.717) is 30.3 Å². The van der Waals surface area contributed by atoms with Gasteiger partial charge in [0.15, 0.2) is 11.5 Å². The van der Waals surface area contributed by atoms with Gasteiger partial charge in [0.05, 0.1) is 24.0 Å². The van der Waals surface area contributed by atoms with Crippen molar-refractivity contribution in [2.75, 3.05) is 18.5 Å². The second kappa shape index (κ2) is 8.40. The summed E-state index contributed by atoms with van der Waals surface area (Å²) >= 11 is 0. The number of nitrogens with one attached hydrogen (secondary N) is 1. The molecule has 156 valence electrons. The molecular formula is C21H23N5O4.